The molecule has 9 nitrogen and oxygen atoms in total. The summed E-state index contributed by atoms with van der Waals surface area (Å²) < 4.78 is 39.0. The van der Waals surface area contributed by atoms with Crippen LogP contribution in [0.5, 0.6) is 11.5 Å². The Kier molecular flexibility index (Phi) is 5.90. The normalized spacial score (nSPS) is 19.6. The summed E-state index contributed by atoms with van der Waals surface area (Å²) >= 11 is 0. The average molecular weight is 459 g/mol. The van der Waals surface area contributed by atoms with E-state index in [-0.39, 0.29) is 11.5 Å². The van der Waals surface area contributed by atoms with Crippen LogP contribution in [0, 0.1) is 0 Å². The Bertz CT molecular complexity index is 1310. The standard InChI is InChI=1S/C22H21NO8S/c1-29-14-4-2-13(3-5-14)17-9-22(26)31-20-8-15(6-7-16(17)20)30-10-21(25)23-18-11-32(27,28)12-19(18)24/h2-9,18-19,24H,10-12H2,1H3,(H,23,25)/t18-,19-/m1/s1. The highest BCUT2D eigenvalue weighted by Gasteiger charge is 2.37. The molecule has 0 unspecified atom stereocenters. The van der Waals surface area contributed by atoms with Crippen molar-refractivity contribution in [3.63, 3.8) is 0 Å². The highest BCUT2D eigenvalue weighted by molar-refractivity contribution is 7.91. The third-order valence-electron chi connectivity index (χ3n) is 5.16. The number of amides is 1. The number of nitrogens with one attached hydrogen (secondary N) is 1. The second-order valence-corrected chi connectivity index (χ2v) is 9.63. The minimum absolute atomic E-state index is 0.290. The molecule has 0 bridgehead atoms. The molecule has 2 atom stereocenters. The zero-order valence-corrected chi connectivity index (χ0v) is 17.9. The second kappa shape index (κ2) is 8.64. The minimum atomic E-state index is -3.37. The fraction of sp³-hybridized carbons (Fsp3) is 0.273. The van der Waals surface area contributed by atoms with Gasteiger partial charge in [-0.25, -0.2) is 13.2 Å². The van der Waals surface area contributed by atoms with Crippen molar-refractivity contribution in [2.45, 2.75) is 12.1 Å². The fourth-order valence-corrected chi connectivity index (χ4v) is 5.35. The summed E-state index contributed by atoms with van der Waals surface area (Å²) in [5, 5.41) is 12.9. The highest BCUT2D eigenvalue weighted by atomic mass is 32.2. The molecule has 3 aromatic rings. The van der Waals surface area contributed by atoms with Crippen LogP contribution in [0.3, 0.4) is 0 Å². The van der Waals surface area contributed by atoms with Crippen LogP contribution in [0.1, 0.15) is 0 Å². The van der Waals surface area contributed by atoms with E-state index in [0.717, 1.165) is 5.56 Å². The number of fused-ring (bicyclic) bond motifs is 1. The summed E-state index contributed by atoms with van der Waals surface area (Å²) in [5.41, 5.74) is 1.25. The van der Waals surface area contributed by atoms with Gasteiger partial charge in [-0.15, -0.1) is 0 Å². The SMILES string of the molecule is COc1ccc(-c2cc(=O)oc3cc(OCC(=O)N[C@@H]4CS(=O)(=O)C[C@H]4O)ccc23)cc1. The van der Waals surface area contributed by atoms with Crippen molar-refractivity contribution in [3.8, 4) is 22.6 Å². The number of aliphatic hydroxyl groups is 1. The van der Waals surface area contributed by atoms with E-state index in [4.69, 9.17) is 13.9 Å². The lowest BCUT2D eigenvalue weighted by Gasteiger charge is -2.15. The van der Waals surface area contributed by atoms with E-state index in [2.05, 4.69) is 5.32 Å². The molecule has 1 saturated heterocycles. The molecule has 2 N–H and O–H groups in total. The number of methoxy groups -OCH3 is 1. The van der Waals surface area contributed by atoms with Crippen LogP contribution in [0.2, 0.25) is 0 Å². The Morgan fingerprint density at radius 1 is 1.12 bits per heavy atom. The number of carbonyl (C=O) groups is 1. The highest BCUT2D eigenvalue weighted by Crippen LogP contribution is 2.30. The smallest absolute Gasteiger partial charge is 0.336 e. The molecule has 2 aromatic carbocycles. The summed E-state index contributed by atoms with van der Waals surface area (Å²) in [6.45, 7) is -0.392. The number of hydrogen-bond acceptors (Lipinski definition) is 8. The molecule has 0 aliphatic carbocycles. The number of benzene rings is 2. The maximum atomic E-state index is 12.1. The van der Waals surface area contributed by atoms with E-state index in [0.29, 0.717) is 28.0 Å². The van der Waals surface area contributed by atoms with E-state index in [9.17, 15) is 23.1 Å². The molecule has 168 valence electrons. The molecule has 10 heteroatoms. The molecule has 1 aliphatic heterocycles. The van der Waals surface area contributed by atoms with Gasteiger partial charge in [-0.1, -0.05) is 12.1 Å². The minimum Gasteiger partial charge on any atom is -0.497 e. The number of hydrogen-bond donors (Lipinski definition) is 2. The lowest BCUT2D eigenvalue weighted by atomic mass is 10.0. The number of carbonyl (C=O) groups excluding carboxylic acids is 1. The summed E-state index contributed by atoms with van der Waals surface area (Å²) in [4.78, 5) is 24.2. The van der Waals surface area contributed by atoms with E-state index in [1.54, 1.807) is 31.4 Å². The molecule has 1 amide bonds. The largest absolute Gasteiger partial charge is 0.497 e. The molecule has 0 spiro atoms. The quantitative estimate of drug-likeness (QED) is 0.524. The van der Waals surface area contributed by atoms with Gasteiger partial charge in [0.25, 0.3) is 5.91 Å². The van der Waals surface area contributed by atoms with E-state index in [1.165, 1.54) is 12.1 Å². The van der Waals surface area contributed by atoms with Crippen molar-refractivity contribution in [2.75, 3.05) is 25.2 Å². The average Bonchev–Trinajstić information content (AvgIpc) is 3.02. The van der Waals surface area contributed by atoms with E-state index in [1.807, 2.05) is 12.1 Å². The van der Waals surface area contributed by atoms with Crippen LogP contribution in [-0.4, -0.2) is 56.8 Å². The van der Waals surface area contributed by atoms with Crippen LogP contribution in [0.25, 0.3) is 22.1 Å². The molecule has 1 fully saturated rings. The lowest BCUT2D eigenvalue weighted by Crippen LogP contribution is -2.44. The number of sulfone groups is 1. The molecular formula is C22H21NO8S. The van der Waals surface area contributed by atoms with E-state index < -0.39 is 40.1 Å². The molecule has 1 aromatic heterocycles. The van der Waals surface area contributed by atoms with Gasteiger partial charge in [0.1, 0.15) is 17.1 Å². The van der Waals surface area contributed by atoms with Gasteiger partial charge >= 0.3 is 5.63 Å². The van der Waals surface area contributed by atoms with Crippen LogP contribution >= 0.6 is 0 Å². The molecule has 32 heavy (non-hydrogen) atoms. The van der Waals surface area contributed by atoms with Crippen molar-refractivity contribution in [2.24, 2.45) is 0 Å². The topological polar surface area (TPSA) is 132 Å². The van der Waals surface area contributed by atoms with Gasteiger partial charge < -0.3 is 24.3 Å². The summed E-state index contributed by atoms with van der Waals surface area (Å²) in [5.74, 6) is -0.270. The molecule has 2 heterocycles. The van der Waals surface area contributed by atoms with Crippen molar-refractivity contribution in [3.05, 3.63) is 59.0 Å². The zero-order valence-electron chi connectivity index (χ0n) is 17.1. The first kappa shape index (κ1) is 21.8. The van der Waals surface area contributed by atoms with Crippen molar-refractivity contribution in [1.82, 2.24) is 5.32 Å². The third-order valence-corrected chi connectivity index (χ3v) is 6.87. The van der Waals surface area contributed by atoms with Crippen molar-refractivity contribution < 1.29 is 32.2 Å². The predicted molar refractivity (Wildman–Crippen MR) is 117 cm³/mol. The molecule has 0 radical (unpaired) electrons. The second-order valence-electron chi connectivity index (χ2n) is 7.47. The summed E-state index contributed by atoms with van der Waals surface area (Å²) in [6, 6.07) is 12.6. The van der Waals surface area contributed by atoms with Crippen LogP contribution in [0.15, 0.2) is 57.7 Å². The van der Waals surface area contributed by atoms with Gasteiger partial charge in [-0.2, -0.15) is 0 Å². The molecule has 0 saturated carbocycles. The number of rotatable bonds is 6. The molecular weight excluding hydrogens is 438 g/mol. The van der Waals surface area contributed by atoms with Crippen molar-refractivity contribution in [1.29, 1.82) is 0 Å². The summed E-state index contributed by atoms with van der Waals surface area (Å²) in [6.07, 6.45) is -1.14. The van der Waals surface area contributed by atoms with Crippen LogP contribution in [0.4, 0.5) is 0 Å². The first-order valence-electron chi connectivity index (χ1n) is 9.77. The maximum Gasteiger partial charge on any atom is 0.336 e. The Labute approximate surface area is 183 Å². The number of ether oxygens (including phenoxy) is 2. The number of aliphatic hydroxyl groups excluding tert-OH is 1. The fourth-order valence-electron chi connectivity index (χ4n) is 3.61. The predicted octanol–water partition coefficient (Wildman–Crippen LogP) is 1.12. The first-order chi connectivity index (χ1) is 15.2. The lowest BCUT2D eigenvalue weighted by molar-refractivity contribution is -0.124. The van der Waals surface area contributed by atoms with Gasteiger partial charge in [-0.05, 0) is 35.4 Å². The van der Waals surface area contributed by atoms with Crippen LogP contribution in [-0.2, 0) is 14.6 Å². The summed E-state index contributed by atoms with van der Waals surface area (Å²) in [7, 11) is -1.80. The first-order valence-corrected chi connectivity index (χ1v) is 11.6. The van der Waals surface area contributed by atoms with Gasteiger partial charge in [-0.3, -0.25) is 4.79 Å². The Balaban J connectivity index is 1.50. The monoisotopic (exact) mass is 459 g/mol. The molecule has 1 aliphatic rings. The Hall–Kier alpha value is -3.37. The Morgan fingerprint density at radius 2 is 1.84 bits per heavy atom. The van der Waals surface area contributed by atoms with Gasteiger partial charge in [0.2, 0.25) is 0 Å². The molecule has 4 rings (SSSR count). The van der Waals surface area contributed by atoms with Gasteiger partial charge in [0.05, 0.1) is 30.8 Å². The maximum absolute atomic E-state index is 12.1. The van der Waals surface area contributed by atoms with Crippen LogP contribution < -0.4 is 20.4 Å². The van der Waals surface area contributed by atoms with Crippen molar-refractivity contribution >= 4 is 26.7 Å². The van der Waals surface area contributed by atoms with E-state index >= 15 is 0 Å². The third kappa shape index (κ3) is 4.76. The Morgan fingerprint density at radius 3 is 2.50 bits per heavy atom. The van der Waals surface area contributed by atoms with Gasteiger partial charge in [0.15, 0.2) is 16.4 Å². The zero-order chi connectivity index (χ0) is 22.9. The van der Waals surface area contributed by atoms with Gasteiger partial charge in [0, 0.05) is 17.5 Å².